The van der Waals surface area contributed by atoms with Crippen LogP contribution in [0.3, 0.4) is 0 Å². The summed E-state index contributed by atoms with van der Waals surface area (Å²) in [6, 6.07) is 0. The number of carbonyl (C=O) groups excluding carboxylic acids is 1. The van der Waals surface area contributed by atoms with Crippen molar-refractivity contribution >= 4 is 5.78 Å². The van der Waals surface area contributed by atoms with Crippen LogP contribution >= 0.6 is 0 Å². The van der Waals surface area contributed by atoms with Crippen LogP contribution in [0.25, 0.3) is 0 Å². The molecule has 1 rings (SSSR count). The van der Waals surface area contributed by atoms with Crippen LogP contribution in [-0.4, -0.2) is 17.7 Å². The van der Waals surface area contributed by atoms with E-state index in [2.05, 4.69) is 0 Å². The molecule has 0 aromatic carbocycles. The zero-order valence-corrected chi connectivity index (χ0v) is 6.31. The maximum absolute atomic E-state index is 11.8. The third kappa shape index (κ3) is 1.56. The lowest BCUT2D eigenvalue weighted by atomic mass is 10.1. The Bertz CT molecular complexity index is 183. The quantitative estimate of drug-likeness (QED) is 0.673. The lowest BCUT2D eigenvalue weighted by molar-refractivity contribution is -0.119. The average Bonchev–Trinajstić information content (AvgIpc) is 2.42. The molecule has 0 bridgehead atoms. The van der Waals surface area contributed by atoms with Gasteiger partial charge in [-0.1, -0.05) is 0 Å². The van der Waals surface area contributed by atoms with Crippen molar-refractivity contribution in [2.75, 3.05) is 0 Å². The monoisotopic (exact) mass is 163 g/mol. The summed E-state index contributed by atoms with van der Waals surface area (Å²) in [6.07, 6.45) is -2.16. The number of hydrogen-bond acceptors (Lipinski definition) is 2. The SMILES string of the molecule is CC(=O)[C@@]1(N)C[C@H]1CC(F)F. The van der Waals surface area contributed by atoms with E-state index in [4.69, 9.17) is 5.73 Å². The van der Waals surface area contributed by atoms with Gasteiger partial charge in [0, 0.05) is 6.42 Å². The van der Waals surface area contributed by atoms with Gasteiger partial charge in [0.1, 0.15) is 5.78 Å². The molecule has 64 valence electrons. The fourth-order valence-corrected chi connectivity index (χ4v) is 1.29. The Kier molecular flexibility index (Phi) is 1.96. The van der Waals surface area contributed by atoms with Crippen LogP contribution in [0.4, 0.5) is 8.78 Å². The second-order valence-electron chi connectivity index (χ2n) is 3.12. The highest BCUT2D eigenvalue weighted by Crippen LogP contribution is 2.45. The zero-order valence-electron chi connectivity index (χ0n) is 6.31. The number of nitrogens with two attached hydrogens (primary N) is 1. The minimum atomic E-state index is -2.34. The Morgan fingerprint density at radius 1 is 1.82 bits per heavy atom. The normalized spacial score (nSPS) is 35.9. The van der Waals surface area contributed by atoms with Gasteiger partial charge in [-0.25, -0.2) is 8.78 Å². The van der Waals surface area contributed by atoms with Crippen LogP contribution in [0.1, 0.15) is 19.8 Å². The molecule has 0 heterocycles. The Hall–Kier alpha value is -0.510. The summed E-state index contributed by atoms with van der Waals surface area (Å²) in [4.78, 5) is 10.7. The predicted molar refractivity (Wildman–Crippen MR) is 36.3 cm³/mol. The summed E-state index contributed by atoms with van der Waals surface area (Å²) >= 11 is 0. The van der Waals surface area contributed by atoms with Gasteiger partial charge in [0.25, 0.3) is 0 Å². The van der Waals surface area contributed by atoms with E-state index in [1.54, 1.807) is 0 Å². The molecule has 1 aliphatic rings. The second kappa shape index (κ2) is 2.52. The molecule has 2 N–H and O–H groups in total. The van der Waals surface area contributed by atoms with E-state index in [-0.39, 0.29) is 18.1 Å². The zero-order chi connectivity index (χ0) is 8.65. The summed E-state index contributed by atoms with van der Waals surface area (Å²) in [5.74, 6) is -0.469. The molecule has 2 atom stereocenters. The van der Waals surface area contributed by atoms with Crippen LogP contribution in [0, 0.1) is 5.92 Å². The maximum Gasteiger partial charge on any atom is 0.239 e. The van der Waals surface area contributed by atoms with Gasteiger partial charge < -0.3 is 5.73 Å². The second-order valence-corrected chi connectivity index (χ2v) is 3.12. The van der Waals surface area contributed by atoms with Crippen molar-refractivity contribution in [1.29, 1.82) is 0 Å². The molecule has 1 saturated carbocycles. The van der Waals surface area contributed by atoms with E-state index < -0.39 is 12.0 Å². The van der Waals surface area contributed by atoms with Crippen molar-refractivity contribution in [3.8, 4) is 0 Å². The predicted octanol–water partition coefficient (Wildman–Crippen LogP) is 0.948. The molecule has 1 aliphatic carbocycles. The topological polar surface area (TPSA) is 43.1 Å². The third-order valence-corrected chi connectivity index (χ3v) is 2.27. The number of ketones is 1. The fraction of sp³-hybridized carbons (Fsp3) is 0.857. The van der Waals surface area contributed by atoms with Crippen LogP contribution < -0.4 is 5.73 Å². The van der Waals surface area contributed by atoms with Gasteiger partial charge in [-0.3, -0.25) is 4.79 Å². The lowest BCUT2D eigenvalue weighted by Gasteiger charge is -2.05. The summed E-state index contributed by atoms with van der Waals surface area (Å²) in [7, 11) is 0. The minimum Gasteiger partial charge on any atom is -0.319 e. The summed E-state index contributed by atoms with van der Waals surface area (Å²) in [5, 5.41) is 0. The third-order valence-electron chi connectivity index (χ3n) is 2.27. The maximum atomic E-state index is 11.8. The van der Waals surface area contributed by atoms with Crippen LogP contribution in [-0.2, 0) is 4.79 Å². The van der Waals surface area contributed by atoms with E-state index in [0.717, 1.165) is 0 Å². The lowest BCUT2D eigenvalue weighted by Crippen LogP contribution is -2.33. The van der Waals surface area contributed by atoms with Gasteiger partial charge in [0.05, 0.1) is 5.54 Å². The summed E-state index contributed by atoms with van der Waals surface area (Å²) < 4.78 is 23.5. The van der Waals surface area contributed by atoms with Gasteiger partial charge in [-0.05, 0) is 19.3 Å². The van der Waals surface area contributed by atoms with Crippen LogP contribution in [0.15, 0.2) is 0 Å². The minimum absolute atomic E-state index is 0.178. The molecule has 0 unspecified atom stereocenters. The summed E-state index contributed by atoms with van der Waals surface area (Å²) in [6.45, 7) is 1.35. The molecule has 0 aromatic rings. The highest BCUT2D eigenvalue weighted by molar-refractivity contribution is 5.89. The largest absolute Gasteiger partial charge is 0.319 e. The number of carbonyl (C=O) groups is 1. The molecular weight excluding hydrogens is 152 g/mol. The van der Waals surface area contributed by atoms with Gasteiger partial charge in [-0.2, -0.15) is 0 Å². The van der Waals surface area contributed by atoms with E-state index in [0.29, 0.717) is 6.42 Å². The molecular formula is C7H11F2NO. The molecule has 0 aromatic heterocycles. The number of hydrogen-bond donors (Lipinski definition) is 1. The Morgan fingerprint density at radius 2 is 2.36 bits per heavy atom. The van der Waals surface area contributed by atoms with E-state index >= 15 is 0 Å². The van der Waals surface area contributed by atoms with Crippen LogP contribution in [0.2, 0.25) is 0 Å². The molecule has 2 nitrogen and oxygen atoms in total. The fourth-order valence-electron chi connectivity index (χ4n) is 1.29. The van der Waals surface area contributed by atoms with Crippen molar-refractivity contribution < 1.29 is 13.6 Å². The van der Waals surface area contributed by atoms with Gasteiger partial charge >= 0.3 is 0 Å². The van der Waals surface area contributed by atoms with Crippen molar-refractivity contribution in [1.82, 2.24) is 0 Å². The number of halogens is 2. The molecule has 0 spiro atoms. The highest BCUT2D eigenvalue weighted by atomic mass is 19.3. The first-order valence-electron chi connectivity index (χ1n) is 3.55. The van der Waals surface area contributed by atoms with Crippen molar-refractivity contribution in [3.05, 3.63) is 0 Å². The molecule has 11 heavy (non-hydrogen) atoms. The molecule has 0 amide bonds. The highest BCUT2D eigenvalue weighted by Gasteiger charge is 2.55. The van der Waals surface area contributed by atoms with E-state index in [1.165, 1.54) is 6.92 Å². The van der Waals surface area contributed by atoms with E-state index in [1.807, 2.05) is 0 Å². The number of rotatable bonds is 3. The van der Waals surface area contributed by atoms with Crippen LogP contribution in [0.5, 0.6) is 0 Å². The first-order valence-corrected chi connectivity index (χ1v) is 3.55. The van der Waals surface area contributed by atoms with Crippen molar-refractivity contribution in [3.63, 3.8) is 0 Å². The smallest absolute Gasteiger partial charge is 0.239 e. The molecule has 0 radical (unpaired) electrons. The molecule has 1 fully saturated rings. The Labute approximate surface area is 63.8 Å². The van der Waals surface area contributed by atoms with Gasteiger partial charge in [0.2, 0.25) is 6.43 Å². The van der Waals surface area contributed by atoms with E-state index in [9.17, 15) is 13.6 Å². The molecule has 0 aliphatic heterocycles. The Balaban J connectivity index is 2.41. The first kappa shape index (κ1) is 8.59. The van der Waals surface area contributed by atoms with Crippen molar-refractivity contribution in [2.24, 2.45) is 11.7 Å². The molecule has 4 heteroatoms. The van der Waals surface area contributed by atoms with Crippen molar-refractivity contribution in [2.45, 2.75) is 31.7 Å². The average molecular weight is 163 g/mol. The Morgan fingerprint density at radius 3 is 2.64 bits per heavy atom. The standard InChI is InChI=1S/C7H11F2NO/c1-4(11)7(10)3-5(7)2-6(8)9/h5-6H,2-3,10H2,1H3/t5-,7+/m1/s1. The summed E-state index contributed by atoms with van der Waals surface area (Å²) in [5.41, 5.74) is 4.58. The number of alkyl halides is 2. The molecule has 0 saturated heterocycles. The first-order chi connectivity index (χ1) is 4.97. The number of Topliss-reactive ketones (excluding diaryl/α,β-unsaturated/α-hetero) is 1. The van der Waals surface area contributed by atoms with Gasteiger partial charge in [-0.15, -0.1) is 0 Å². The van der Waals surface area contributed by atoms with Gasteiger partial charge in [0.15, 0.2) is 0 Å².